The van der Waals surface area contributed by atoms with Gasteiger partial charge in [-0.15, -0.1) is 0 Å². The van der Waals surface area contributed by atoms with Gasteiger partial charge in [-0.05, 0) is 60.7 Å². The van der Waals surface area contributed by atoms with Crippen LogP contribution in [0.25, 0.3) is 0 Å². The Bertz CT molecular complexity index is 865. The average molecular weight is 383 g/mol. The molecule has 0 fully saturated rings. The molecule has 3 rings (SSSR count). The number of nitrogens with zero attached hydrogens (tertiary/aromatic N) is 2. The Hall–Kier alpha value is -2.93. The van der Waals surface area contributed by atoms with Gasteiger partial charge in [0, 0.05) is 37.0 Å². The molecule has 0 saturated heterocycles. The van der Waals surface area contributed by atoms with E-state index in [1.807, 2.05) is 0 Å². The van der Waals surface area contributed by atoms with Crippen molar-refractivity contribution in [1.82, 2.24) is 5.32 Å². The highest BCUT2D eigenvalue weighted by atomic mass is 16.6. The van der Waals surface area contributed by atoms with Crippen LogP contribution in [0.2, 0.25) is 0 Å². The van der Waals surface area contributed by atoms with Gasteiger partial charge in [0.2, 0.25) is 0 Å². The number of nitro benzene ring substituents is 1. The van der Waals surface area contributed by atoms with E-state index in [0.29, 0.717) is 12.6 Å². The monoisotopic (exact) mass is 383 g/mol. The summed E-state index contributed by atoms with van der Waals surface area (Å²) in [6.45, 7) is 2.82. The molecule has 0 spiro atoms. The van der Waals surface area contributed by atoms with Crippen molar-refractivity contribution < 1.29 is 14.4 Å². The molecule has 0 aliphatic carbocycles. The van der Waals surface area contributed by atoms with Gasteiger partial charge in [-0.3, -0.25) is 15.1 Å². The molecule has 7 heteroatoms. The molecule has 1 N–H and O–H groups in total. The van der Waals surface area contributed by atoms with Crippen molar-refractivity contribution >= 4 is 11.9 Å². The number of fused-ring (bicyclic) bond motifs is 1. The van der Waals surface area contributed by atoms with E-state index in [0.717, 1.165) is 29.9 Å². The third kappa shape index (κ3) is 4.48. The fourth-order valence-electron chi connectivity index (χ4n) is 3.55. The SMILES string of the molecule is COc1cc2c(cc1OC)[C@@H](CCN=Cc1ccc([N+](=O)[O-])cc1)N[C@H](C)C2. The lowest BCUT2D eigenvalue weighted by Crippen LogP contribution is -2.37. The largest absolute Gasteiger partial charge is 0.493 e. The molecule has 1 heterocycles. The van der Waals surface area contributed by atoms with Crippen molar-refractivity contribution in [2.75, 3.05) is 20.8 Å². The third-order valence-corrected chi connectivity index (χ3v) is 4.92. The van der Waals surface area contributed by atoms with Gasteiger partial charge < -0.3 is 14.8 Å². The van der Waals surface area contributed by atoms with E-state index in [-0.39, 0.29) is 11.7 Å². The molecule has 0 bridgehead atoms. The second kappa shape index (κ2) is 8.84. The van der Waals surface area contributed by atoms with Crippen LogP contribution in [0.4, 0.5) is 5.69 Å². The normalized spacial score (nSPS) is 18.7. The Labute approximate surface area is 164 Å². The number of rotatable bonds is 7. The topological polar surface area (TPSA) is 86.0 Å². The molecule has 7 nitrogen and oxygen atoms in total. The number of aliphatic imine (C=N–C) groups is 1. The van der Waals surface area contributed by atoms with Crippen LogP contribution in [0.3, 0.4) is 0 Å². The predicted octanol–water partition coefficient (Wildman–Crippen LogP) is 3.70. The summed E-state index contributed by atoms with van der Waals surface area (Å²) < 4.78 is 10.9. The minimum absolute atomic E-state index is 0.0820. The number of nitro groups is 1. The van der Waals surface area contributed by atoms with E-state index in [2.05, 4.69) is 29.4 Å². The van der Waals surface area contributed by atoms with E-state index in [9.17, 15) is 10.1 Å². The third-order valence-electron chi connectivity index (χ3n) is 4.92. The molecule has 0 amide bonds. The van der Waals surface area contributed by atoms with Crippen molar-refractivity contribution in [2.45, 2.75) is 31.8 Å². The molecular formula is C21H25N3O4. The molecule has 1 aliphatic rings. The van der Waals surface area contributed by atoms with Crippen LogP contribution < -0.4 is 14.8 Å². The van der Waals surface area contributed by atoms with Crippen LogP contribution in [-0.2, 0) is 6.42 Å². The van der Waals surface area contributed by atoms with E-state index in [1.165, 1.54) is 23.3 Å². The van der Waals surface area contributed by atoms with Crippen LogP contribution in [0.15, 0.2) is 41.4 Å². The van der Waals surface area contributed by atoms with Crippen molar-refractivity contribution in [3.05, 3.63) is 63.2 Å². The highest BCUT2D eigenvalue weighted by Crippen LogP contribution is 2.37. The lowest BCUT2D eigenvalue weighted by atomic mass is 9.88. The second-order valence-electron chi connectivity index (χ2n) is 6.90. The molecule has 2 atom stereocenters. The highest BCUT2D eigenvalue weighted by Gasteiger charge is 2.25. The quantitative estimate of drug-likeness (QED) is 0.448. The average Bonchev–Trinajstić information content (AvgIpc) is 2.70. The number of nitrogens with one attached hydrogen (secondary N) is 1. The summed E-state index contributed by atoms with van der Waals surface area (Å²) in [5.41, 5.74) is 3.43. The summed E-state index contributed by atoms with van der Waals surface area (Å²) in [6, 6.07) is 11.1. The molecule has 0 aromatic heterocycles. The van der Waals surface area contributed by atoms with Gasteiger partial charge in [0.25, 0.3) is 5.69 Å². The maximum absolute atomic E-state index is 10.7. The summed E-state index contributed by atoms with van der Waals surface area (Å²) in [6.07, 6.45) is 3.54. The van der Waals surface area contributed by atoms with Crippen LogP contribution in [0.5, 0.6) is 11.5 Å². The maximum Gasteiger partial charge on any atom is 0.269 e. The van der Waals surface area contributed by atoms with E-state index < -0.39 is 4.92 Å². The first-order chi connectivity index (χ1) is 13.5. The lowest BCUT2D eigenvalue weighted by molar-refractivity contribution is -0.384. The van der Waals surface area contributed by atoms with Crippen molar-refractivity contribution in [1.29, 1.82) is 0 Å². The van der Waals surface area contributed by atoms with Crippen molar-refractivity contribution in [3.63, 3.8) is 0 Å². The Morgan fingerprint density at radius 2 is 1.89 bits per heavy atom. The Balaban J connectivity index is 1.68. The predicted molar refractivity (Wildman–Crippen MR) is 109 cm³/mol. The first kappa shape index (κ1) is 19.8. The summed E-state index contributed by atoms with van der Waals surface area (Å²) in [5, 5.41) is 14.3. The van der Waals surface area contributed by atoms with Gasteiger partial charge in [-0.2, -0.15) is 0 Å². The van der Waals surface area contributed by atoms with E-state index in [1.54, 1.807) is 32.6 Å². The minimum Gasteiger partial charge on any atom is -0.493 e. The van der Waals surface area contributed by atoms with Crippen molar-refractivity contribution in [2.24, 2.45) is 4.99 Å². The first-order valence-electron chi connectivity index (χ1n) is 9.27. The van der Waals surface area contributed by atoms with Crippen LogP contribution in [0, 0.1) is 10.1 Å². The number of hydrogen-bond acceptors (Lipinski definition) is 6. The van der Waals surface area contributed by atoms with E-state index >= 15 is 0 Å². The van der Waals surface area contributed by atoms with Gasteiger partial charge in [0.1, 0.15) is 0 Å². The Morgan fingerprint density at radius 1 is 1.21 bits per heavy atom. The Morgan fingerprint density at radius 3 is 2.54 bits per heavy atom. The molecule has 0 unspecified atom stereocenters. The number of methoxy groups -OCH3 is 2. The lowest BCUT2D eigenvalue weighted by Gasteiger charge is -2.32. The highest BCUT2D eigenvalue weighted by molar-refractivity contribution is 5.79. The van der Waals surface area contributed by atoms with Gasteiger partial charge in [0.05, 0.1) is 19.1 Å². The molecule has 0 radical (unpaired) electrons. The summed E-state index contributed by atoms with van der Waals surface area (Å²) in [4.78, 5) is 14.8. The number of non-ortho nitro benzene ring substituents is 1. The fourth-order valence-corrected chi connectivity index (χ4v) is 3.55. The number of hydrogen-bond donors (Lipinski definition) is 1. The van der Waals surface area contributed by atoms with Crippen LogP contribution in [-0.4, -0.2) is 37.9 Å². The molecule has 1 aliphatic heterocycles. The zero-order valence-corrected chi connectivity index (χ0v) is 16.3. The van der Waals surface area contributed by atoms with Crippen molar-refractivity contribution in [3.8, 4) is 11.5 Å². The van der Waals surface area contributed by atoms with Gasteiger partial charge in [-0.25, -0.2) is 0 Å². The molecular weight excluding hydrogens is 358 g/mol. The zero-order chi connectivity index (χ0) is 20.1. The summed E-state index contributed by atoms with van der Waals surface area (Å²) >= 11 is 0. The van der Waals surface area contributed by atoms with Gasteiger partial charge in [0.15, 0.2) is 11.5 Å². The molecule has 148 valence electrons. The van der Waals surface area contributed by atoms with Gasteiger partial charge >= 0.3 is 0 Å². The molecule has 0 saturated carbocycles. The minimum atomic E-state index is -0.405. The zero-order valence-electron chi connectivity index (χ0n) is 16.3. The number of benzene rings is 2. The number of ether oxygens (including phenoxy) is 2. The van der Waals surface area contributed by atoms with E-state index in [4.69, 9.17) is 9.47 Å². The standard InChI is InChI=1S/C21H25N3O4/c1-14-10-16-11-20(27-2)21(28-3)12-18(16)19(23-14)8-9-22-13-15-4-6-17(7-5-15)24(25)26/h4-7,11-14,19,23H,8-10H2,1-3H3/t14-,19-/m1/s1. The summed E-state index contributed by atoms with van der Waals surface area (Å²) in [5.74, 6) is 1.49. The smallest absolute Gasteiger partial charge is 0.269 e. The molecule has 28 heavy (non-hydrogen) atoms. The Kier molecular flexibility index (Phi) is 6.26. The first-order valence-corrected chi connectivity index (χ1v) is 9.27. The van der Waals surface area contributed by atoms with Crippen LogP contribution in [0.1, 0.15) is 36.1 Å². The molecule has 2 aromatic rings. The second-order valence-corrected chi connectivity index (χ2v) is 6.90. The van der Waals surface area contributed by atoms with Crippen LogP contribution >= 0.6 is 0 Å². The maximum atomic E-state index is 10.7. The van der Waals surface area contributed by atoms with Gasteiger partial charge in [-0.1, -0.05) is 0 Å². The molecule has 2 aromatic carbocycles. The fraction of sp³-hybridized carbons (Fsp3) is 0.381. The summed E-state index contributed by atoms with van der Waals surface area (Å²) in [7, 11) is 3.30.